The van der Waals surface area contributed by atoms with Gasteiger partial charge in [-0.2, -0.15) is 15.6 Å². The summed E-state index contributed by atoms with van der Waals surface area (Å²) in [4.78, 5) is 0.178. The zero-order valence-electron chi connectivity index (χ0n) is 14.7. The summed E-state index contributed by atoms with van der Waals surface area (Å²) in [6.07, 6.45) is 1.54. The number of benzene rings is 1. The molecule has 142 valence electrons. The van der Waals surface area contributed by atoms with E-state index in [0.29, 0.717) is 30.6 Å². The molecule has 0 saturated carbocycles. The Bertz CT molecular complexity index is 1010. The fraction of sp³-hybridized carbons (Fsp3) is 0.333. The summed E-state index contributed by atoms with van der Waals surface area (Å²) in [6, 6.07) is 8.59. The molecule has 0 bridgehead atoms. The van der Waals surface area contributed by atoms with Gasteiger partial charge >= 0.3 is 0 Å². The summed E-state index contributed by atoms with van der Waals surface area (Å²) in [7, 11) is -2.19. The largest absolute Gasteiger partial charge is 0.495 e. The van der Waals surface area contributed by atoms with Crippen molar-refractivity contribution in [2.75, 3.05) is 20.2 Å². The van der Waals surface area contributed by atoms with Crippen LogP contribution in [0.25, 0.3) is 11.5 Å². The van der Waals surface area contributed by atoms with Gasteiger partial charge in [0.1, 0.15) is 10.6 Å². The number of hydrogen-bond donors (Lipinski definition) is 0. The van der Waals surface area contributed by atoms with E-state index in [-0.39, 0.29) is 10.8 Å². The SMILES string of the molecule is COc1ccccc1S(=O)(=O)N1CCCC(c2nnc(-c3ccsc3)o2)C1. The van der Waals surface area contributed by atoms with E-state index in [1.165, 1.54) is 11.4 Å². The minimum absolute atomic E-state index is 0.122. The maximum Gasteiger partial charge on any atom is 0.248 e. The Kier molecular flexibility index (Phi) is 4.98. The maximum atomic E-state index is 13.1. The van der Waals surface area contributed by atoms with Gasteiger partial charge in [-0.15, -0.1) is 10.2 Å². The maximum absolute atomic E-state index is 13.1. The van der Waals surface area contributed by atoms with Gasteiger partial charge in [-0.1, -0.05) is 12.1 Å². The predicted molar refractivity (Wildman–Crippen MR) is 101 cm³/mol. The van der Waals surface area contributed by atoms with Gasteiger partial charge in [-0.05, 0) is 36.4 Å². The van der Waals surface area contributed by atoms with Crippen molar-refractivity contribution >= 4 is 21.4 Å². The van der Waals surface area contributed by atoms with E-state index in [1.807, 2.05) is 16.8 Å². The number of thiophene rings is 1. The lowest BCUT2D eigenvalue weighted by atomic mass is 10.00. The molecule has 1 aliphatic heterocycles. The minimum Gasteiger partial charge on any atom is -0.495 e. The highest BCUT2D eigenvalue weighted by molar-refractivity contribution is 7.89. The first-order chi connectivity index (χ1) is 13.1. The molecule has 1 unspecified atom stereocenters. The molecule has 27 heavy (non-hydrogen) atoms. The summed E-state index contributed by atoms with van der Waals surface area (Å²) in [5, 5.41) is 12.2. The summed E-state index contributed by atoms with van der Waals surface area (Å²) >= 11 is 1.56. The summed E-state index contributed by atoms with van der Waals surface area (Å²) in [5.74, 6) is 1.17. The molecular formula is C18H19N3O4S2. The molecule has 9 heteroatoms. The molecule has 1 saturated heterocycles. The zero-order chi connectivity index (χ0) is 18.9. The zero-order valence-corrected chi connectivity index (χ0v) is 16.4. The Balaban J connectivity index is 1.58. The standard InChI is InChI=1S/C18H19N3O4S2/c1-24-15-6-2-3-7-16(15)27(22,23)21-9-4-5-13(11-21)17-19-20-18(25-17)14-8-10-26-12-14/h2-3,6-8,10,12-13H,4-5,9,11H2,1H3. The number of ether oxygens (including phenoxy) is 1. The van der Waals surface area contributed by atoms with E-state index < -0.39 is 10.0 Å². The number of rotatable bonds is 5. The van der Waals surface area contributed by atoms with Crippen LogP contribution < -0.4 is 4.74 Å². The van der Waals surface area contributed by atoms with Gasteiger partial charge < -0.3 is 9.15 Å². The Labute approximate surface area is 161 Å². The van der Waals surface area contributed by atoms with Crippen LogP contribution in [0.15, 0.2) is 50.4 Å². The number of para-hydroxylation sites is 1. The average Bonchev–Trinajstić information content (AvgIpc) is 3.39. The van der Waals surface area contributed by atoms with E-state index in [2.05, 4.69) is 10.2 Å². The third kappa shape index (κ3) is 3.50. The molecule has 1 fully saturated rings. The van der Waals surface area contributed by atoms with Crippen LogP contribution in [0.5, 0.6) is 5.75 Å². The first-order valence-corrected chi connectivity index (χ1v) is 11.0. The highest BCUT2D eigenvalue weighted by atomic mass is 32.2. The normalized spacial score (nSPS) is 18.5. The molecule has 0 spiro atoms. The van der Waals surface area contributed by atoms with Crippen LogP contribution in [0.1, 0.15) is 24.7 Å². The molecule has 0 radical (unpaired) electrons. The molecule has 2 aromatic heterocycles. The quantitative estimate of drug-likeness (QED) is 0.647. The van der Waals surface area contributed by atoms with Gasteiger partial charge in [0, 0.05) is 24.0 Å². The van der Waals surface area contributed by atoms with Crippen molar-refractivity contribution in [2.45, 2.75) is 23.7 Å². The van der Waals surface area contributed by atoms with Gasteiger partial charge in [0.15, 0.2) is 0 Å². The molecule has 1 aromatic carbocycles. The number of piperidine rings is 1. The predicted octanol–water partition coefficient (Wildman–Crippen LogP) is 3.38. The van der Waals surface area contributed by atoms with Crippen molar-refractivity contribution in [3.63, 3.8) is 0 Å². The molecule has 1 atom stereocenters. The fourth-order valence-corrected chi connectivity index (χ4v) is 5.55. The second-order valence-electron chi connectivity index (χ2n) is 6.31. The third-order valence-electron chi connectivity index (χ3n) is 4.63. The van der Waals surface area contributed by atoms with Crippen molar-refractivity contribution in [2.24, 2.45) is 0 Å². The third-order valence-corrected chi connectivity index (χ3v) is 7.22. The number of sulfonamides is 1. The van der Waals surface area contributed by atoms with E-state index in [9.17, 15) is 8.42 Å². The minimum atomic E-state index is -3.66. The lowest BCUT2D eigenvalue weighted by Gasteiger charge is -2.30. The van der Waals surface area contributed by atoms with E-state index in [4.69, 9.17) is 9.15 Å². The smallest absolute Gasteiger partial charge is 0.248 e. The number of hydrogen-bond acceptors (Lipinski definition) is 7. The first kappa shape index (κ1) is 18.1. The first-order valence-electron chi connectivity index (χ1n) is 8.58. The topological polar surface area (TPSA) is 85.5 Å². The van der Waals surface area contributed by atoms with Crippen molar-refractivity contribution in [1.29, 1.82) is 0 Å². The summed E-state index contributed by atoms with van der Waals surface area (Å²) in [6.45, 7) is 0.772. The van der Waals surface area contributed by atoms with Crippen LogP contribution in [-0.4, -0.2) is 43.1 Å². The fourth-order valence-electron chi connectivity index (χ4n) is 3.24. The molecule has 7 nitrogen and oxygen atoms in total. The molecular weight excluding hydrogens is 386 g/mol. The molecule has 4 rings (SSSR count). The Hall–Kier alpha value is -2.23. The number of aromatic nitrogens is 2. The molecule has 0 aliphatic carbocycles. The second kappa shape index (κ2) is 7.41. The Morgan fingerprint density at radius 1 is 1.26 bits per heavy atom. The number of nitrogens with zero attached hydrogens (tertiary/aromatic N) is 3. The molecule has 1 aliphatic rings. The molecule has 3 heterocycles. The van der Waals surface area contributed by atoms with E-state index >= 15 is 0 Å². The van der Waals surface area contributed by atoms with Crippen LogP contribution in [-0.2, 0) is 10.0 Å². The van der Waals surface area contributed by atoms with Gasteiger partial charge in [0.25, 0.3) is 0 Å². The van der Waals surface area contributed by atoms with Gasteiger partial charge in [-0.25, -0.2) is 8.42 Å². The summed E-state index contributed by atoms with van der Waals surface area (Å²) in [5.41, 5.74) is 0.882. The Morgan fingerprint density at radius 2 is 2.11 bits per heavy atom. The van der Waals surface area contributed by atoms with Gasteiger partial charge in [0.05, 0.1) is 13.0 Å². The lowest BCUT2D eigenvalue weighted by molar-refractivity contribution is 0.285. The molecule has 3 aromatic rings. The molecule has 0 N–H and O–H groups in total. The van der Waals surface area contributed by atoms with Gasteiger partial charge in [-0.3, -0.25) is 0 Å². The van der Waals surface area contributed by atoms with Crippen LogP contribution in [0.3, 0.4) is 0 Å². The van der Waals surface area contributed by atoms with Crippen LogP contribution in [0.4, 0.5) is 0 Å². The Morgan fingerprint density at radius 3 is 2.89 bits per heavy atom. The summed E-state index contributed by atoms with van der Waals surface area (Å²) < 4.78 is 38.8. The van der Waals surface area contributed by atoms with Crippen LogP contribution >= 0.6 is 11.3 Å². The average molecular weight is 406 g/mol. The van der Waals surface area contributed by atoms with Crippen molar-refractivity contribution in [1.82, 2.24) is 14.5 Å². The van der Waals surface area contributed by atoms with Gasteiger partial charge in [0.2, 0.25) is 21.8 Å². The second-order valence-corrected chi connectivity index (χ2v) is 9.00. The van der Waals surface area contributed by atoms with Crippen molar-refractivity contribution < 1.29 is 17.6 Å². The highest BCUT2D eigenvalue weighted by Crippen LogP contribution is 2.33. The van der Waals surface area contributed by atoms with Crippen LogP contribution in [0, 0.1) is 0 Å². The monoisotopic (exact) mass is 405 g/mol. The van der Waals surface area contributed by atoms with Crippen LogP contribution in [0.2, 0.25) is 0 Å². The highest BCUT2D eigenvalue weighted by Gasteiger charge is 2.34. The lowest BCUT2D eigenvalue weighted by Crippen LogP contribution is -2.39. The van der Waals surface area contributed by atoms with E-state index in [0.717, 1.165) is 18.4 Å². The van der Waals surface area contributed by atoms with Crippen molar-refractivity contribution in [3.8, 4) is 17.2 Å². The number of methoxy groups -OCH3 is 1. The molecule has 0 amide bonds. The van der Waals surface area contributed by atoms with E-state index in [1.54, 1.807) is 35.6 Å². The van der Waals surface area contributed by atoms with Crippen molar-refractivity contribution in [3.05, 3.63) is 47.0 Å².